The fourth-order valence-electron chi connectivity index (χ4n) is 0.622. The average Bonchev–Trinajstić information content (AvgIpc) is 2.26. The first-order chi connectivity index (χ1) is 7.11. The van der Waals surface area contributed by atoms with Gasteiger partial charge in [0.1, 0.15) is 0 Å². The highest BCUT2D eigenvalue weighted by atomic mass is 16.5. The van der Waals surface area contributed by atoms with Gasteiger partial charge < -0.3 is 14.6 Å². The number of ether oxygens (including phenoxy) is 2. The molecule has 1 N–H and O–H groups in total. The molecule has 0 unspecified atom stereocenters. The van der Waals surface area contributed by atoms with E-state index in [0.717, 1.165) is 6.08 Å². The van der Waals surface area contributed by atoms with Gasteiger partial charge in [-0.05, 0) is 6.92 Å². The number of rotatable bonds is 6. The summed E-state index contributed by atoms with van der Waals surface area (Å²) in [5, 5.41) is 8.47. The van der Waals surface area contributed by atoms with Crippen molar-refractivity contribution in [1.29, 1.82) is 0 Å². The van der Waals surface area contributed by atoms with Crippen LogP contribution in [0.5, 0.6) is 0 Å². The Morgan fingerprint density at radius 3 is 2.47 bits per heavy atom. The zero-order valence-electron chi connectivity index (χ0n) is 8.56. The van der Waals surface area contributed by atoms with E-state index in [4.69, 9.17) is 9.84 Å². The average molecular weight is 214 g/mol. The molecule has 0 fully saturated rings. The number of hydrogen-bond donors (Lipinski definition) is 1. The molecule has 0 radical (unpaired) electrons. The van der Waals surface area contributed by atoms with Gasteiger partial charge in [-0.2, -0.15) is 0 Å². The fourth-order valence-corrected chi connectivity index (χ4v) is 0.622. The van der Waals surface area contributed by atoms with Crippen molar-refractivity contribution in [3.8, 4) is 0 Å². The topological polar surface area (TPSA) is 72.8 Å². The molecular weight excluding hydrogens is 200 g/mol. The Bertz CT molecular complexity index is 267. The zero-order valence-corrected chi connectivity index (χ0v) is 8.56. The molecule has 0 bridgehead atoms. The largest absolute Gasteiger partial charge is 0.515 e. The lowest BCUT2D eigenvalue weighted by Gasteiger charge is -2.04. The summed E-state index contributed by atoms with van der Waals surface area (Å²) in [4.78, 5) is 21.5. The minimum atomic E-state index is -0.590. The molecule has 0 aromatic rings. The maximum atomic E-state index is 11.0. The minimum absolute atomic E-state index is 0.123. The van der Waals surface area contributed by atoms with Gasteiger partial charge in [0.05, 0.1) is 25.0 Å². The quantitative estimate of drug-likeness (QED) is 0.310. The highest BCUT2D eigenvalue weighted by molar-refractivity contribution is 5.87. The Morgan fingerprint density at radius 1 is 1.33 bits per heavy atom. The van der Waals surface area contributed by atoms with E-state index in [1.54, 1.807) is 0 Å². The van der Waals surface area contributed by atoms with Gasteiger partial charge in [-0.25, -0.2) is 9.59 Å². The van der Waals surface area contributed by atoms with Crippen molar-refractivity contribution in [3.63, 3.8) is 0 Å². The third-order valence-electron chi connectivity index (χ3n) is 1.45. The van der Waals surface area contributed by atoms with Crippen LogP contribution in [-0.4, -0.2) is 30.3 Å². The summed E-state index contributed by atoms with van der Waals surface area (Å²) in [6, 6.07) is 0. The lowest BCUT2D eigenvalue weighted by Crippen LogP contribution is -2.10. The molecule has 84 valence electrons. The van der Waals surface area contributed by atoms with Crippen molar-refractivity contribution in [3.05, 3.63) is 24.5 Å². The van der Waals surface area contributed by atoms with Gasteiger partial charge in [0.15, 0.2) is 0 Å². The zero-order chi connectivity index (χ0) is 11.7. The smallest absolute Gasteiger partial charge is 0.336 e. The first-order valence-corrected chi connectivity index (χ1v) is 4.39. The molecule has 0 aliphatic carbocycles. The van der Waals surface area contributed by atoms with Gasteiger partial charge >= 0.3 is 11.9 Å². The standard InChI is InChI=1S/C10H14O5/c1-3-9(12)14-5-4-6-15-10(13)8(2)7-11/h3,7,11H,1,4-6H2,2H3. The molecular formula is C10H14O5. The molecule has 0 saturated heterocycles. The second kappa shape index (κ2) is 7.61. The molecule has 0 heterocycles. The monoisotopic (exact) mass is 214 g/mol. The van der Waals surface area contributed by atoms with Gasteiger partial charge in [-0.3, -0.25) is 0 Å². The van der Waals surface area contributed by atoms with Gasteiger partial charge in [0, 0.05) is 12.5 Å². The normalized spacial score (nSPS) is 10.6. The van der Waals surface area contributed by atoms with Crippen LogP contribution in [0.15, 0.2) is 24.5 Å². The van der Waals surface area contributed by atoms with E-state index in [9.17, 15) is 9.59 Å². The molecule has 0 aliphatic heterocycles. The van der Waals surface area contributed by atoms with E-state index in [1.807, 2.05) is 0 Å². The van der Waals surface area contributed by atoms with E-state index in [2.05, 4.69) is 11.3 Å². The molecule has 5 heteroatoms. The van der Waals surface area contributed by atoms with Crippen LogP contribution in [0.3, 0.4) is 0 Å². The summed E-state index contributed by atoms with van der Waals surface area (Å²) in [7, 11) is 0. The van der Waals surface area contributed by atoms with Crippen molar-refractivity contribution in [1.82, 2.24) is 0 Å². The predicted octanol–water partition coefficient (Wildman–Crippen LogP) is 1.11. The van der Waals surface area contributed by atoms with Crippen molar-refractivity contribution in [2.45, 2.75) is 13.3 Å². The fraction of sp³-hybridized carbons (Fsp3) is 0.400. The highest BCUT2D eigenvalue weighted by Gasteiger charge is 2.04. The van der Waals surface area contributed by atoms with Crippen LogP contribution in [0.25, 0.3) is 0 Å². The Kier molecular flexibility index (Phi) is 6.70. The Hall–Kier alpha value is -1.78. The number of carbonyl (C=O) groups excluding carboxylic acids is 2. The van der Waals surface area contributed by atoms with Crippen LogP contribution in [0, 0.1) is 0 Å². The maximum absolute atomic E-state index is 11.0. The highest BCUT2D eigenvalue weighted by Crippen LogP contribution is 1.96. The molecule has 0 spiro atoms. The van der Waals surface area contributed by atoms with E-state index in [0.29, 0.717) is 12.7 Å². The maximum Gasteiger partial charge on any atom is 0.336 e. The van der Waals surface area contributed by atoms with Gasteiger partial charge in [0.25, 0.3) is 0 Å². The molecule has 5 nitrogen and oxygen atoms in total. The number of aliphatic hydroxyl groups is 1. The van der Waals surface area contributed by atoms with Crippen LogP contribution < -0.4 is 0 Å². The lowest BCUT2D eigenvalue weighted by molar-refractivity contribution is -0.140. The molecule has 0 saturated carbocycles. The first kappa shape index (κ1) is 13.2. The van der Waals surface area contributed by atoms with Crippen LogP contribution in [0.1, 0.15) is 13.3 Å². The summed E-state index contributed by atoms with van der Waals surface area (Å²) >= 11 is 0. The lowest BCUT2D eigenvalue weighted by atomic mass is 10.3. The predicted molar refractivity (Wildman–Crippen MR) is 53.1 cm³/mol. The van der Waals surface area contributed by atoms with E-state index < -0.39 is 11.9 Å². The van der Waals surface area contributed by atoms with E-state index in [-0.39, 0.29) is 18.8 Å². The first-order valence-electron chi connectivity index (χ1n) is 4.39. The molecule has 0 amide bonds. The van der Waals surface area contributed by atoms with Crippen LogP contribution in [0.2, 0.25) is 0 Å². The van der Waals surface area contributed by atoms with Crippen LogP contribution >= 0.6 is 0 Å². The number of esters is 2. The second-order valence-corrected chi connectivity index (χ2v) is 2.67. The van der Waals surface area contributed by atoms with Crippen molar-refractivity contribution in [2.75, 3.05) is 13.2 Å². The number of aliphatic hydroxyl groups excluding tert-OH is 1. The summed E-state index contributed by atoms with van der Waals surface area (Å²) in [5.41, 5.74) is 0.123. The van der Waals surface area contributed by atoms with Crippen molar-refractivity contribution in [2.24, 2.45) is 0 Å². The molecule has 0 atom stereocenters. The number of hydrogen-bond acceptors (Lipinski definition) is 5. The van der Waals surface area contributed by atoms with E-state index in [1.165, 1.54) is 6.92 Å². The van der Waals surface area contributed by atoms with Crippen LogP contribution in [0.4, 0.5) is 0 Å². The van der Waals surface area contributed by atoms with E-state index >= 15 is 0 Å². The van der Waals surface area contributed by atoms with Crippen LogP contribution in [-0.2, 0) is 19.1 Å². The Morgan fingerprint density at radius 2 is 1.93 bits per heavy atom. The third kappa shape index (κ3) is 6.31. The minimum Gasteiger partial charge on any atom is -0.515 e. The molecule has 0 aromatic heterocycles. The third-order valence-corrected chi connectivity index (χ3v) is 1.45. The number of carbonyl (C=O) groups is 2. The Labute approximate surface area is 88.0 Å². The second-order valence-electron chi connectivity index (χ2n) is 2.67. The molecule has 0 aliphatic rings. The summed E-state index contributed by atoms with van der Waals surface area (Å²) < 4.78 is 9.37. The molecule has 15 heavy (non-hydrogen) atoms. The summed E-state index contributed by atoms with van der Waals surface area (Å²) in [6.07, 6.45) is 2.15. The van der Waals surface area contributed by atoms with Gasteiger partial charge in [-0.15, -0.1) is 0 Å². The molecule has 0 rings (SSSR count). The SMILES string of the molecule is C=CC(=O)OCCCOC(=O)C(C)=CO. The molecule has 0 aromatic carbocycles. The van der Waals surface area contributed by atoms with Gasteiger partial charge in [-0.1, -0.05) is 6.58 Å². The summed E-state index contributed by atoms with van der Waals surface area (Å²) in [5.74, 6) is -1.10. The van der Waals surface area contributed by atoms with Gasteiger partial charge in [0.2, 0.25) is 0 Å². The Balaban J connectivity index is 3.51. The van der Waals surface area contributed by atoms with Crippen molar-refractivity contribution < 1.29 is 24.2 Å². The summed E-state index contributed by atoms with van der Waals surface area (Å²) in [6.45, 7) is 4.96. The van der Waals surface area contributed by atoms with Crippen molar-refractivity contribution >= 4 is 11.9 Å².